The molecule has 148 valence electrons. The molecule has 1 atom stereocenters. The molecule has 28 heavy (non-hydrogen) atoms. The lowest BCUT2D eigenvalue weighted by molar-refractivity contribution is -0.137. The summed E-state index contributed by atoms with van der Waals surface area (Å²) in [6, 6.07) is 13.2. The van der Waals surface area contributed by atoms with Gasteiger partial charge in [-0.2, -0.15) is 0 Å². The largest absolute Gasteiger partial charge is 0.493 e. The first kappa shape index (κ1) is 20.8. The van der Waals surface area contributed by atoms with Gasteiger partial charge >= 0.3 is 5.97 Å². The normalized spacial score (nSPS) is 11.3. The Hall–Kier alpha value is -3.55. The molecule has 0 spiro atoms. The molecule has 0 saturated heterocycles. The molecule has 0 aliphatic rings. The van der Waals surface area contributed by atoms with E-state index in [1.54, 1.807) is 0 Å². The average molecular weight is 386 g/mol. The number of methoxy groups -OCH3 is 1. The highest BCUT2D eigenvalue weighted by Crippen LogP contribution is 2.28. The summed E-state index contributed by atoms with van der Waals surface area (Å²) >= 11 is 0. The van der Waals surface area contributed by atoms with Gasteiger partial charge in [0.1, 0.15) is 0 Å². The van der Waals surface area contributed by atoms with Gasteiger partial charge < -0.3 is 25.6 Å². The van der Waals surface area contributed by atoms with E-state index in [1.165, 1.54) is 25.3 Å². The van der Waals surface area contributed by atoms with Crippen LogP contribution in [0.4, 0.5) is 0 Å². The second-order valence-electron chi connectivity index (χ2n) is 5.99. The Kier molecular flexibility index (Phi) is 7.38. The Morgan fingerprint density at radius 1 is 1.11 bits per heavy atom. The maximum Gasteiger partial charge on any atom is 0.303 e. The number of nitrogens with one attached hydrogen (secondary N) is 1. The van der Waals surface area contributed by atoms with Gasteiger partial charge in [-0.15, -0.1) is 0 Å². The number of carboxylic acid groups (broad SMARTS) is 1. The highest BCUT2D eigenvalue weighted by atomic mass is 16.5. The topological polar surface area (TPSA) is 128 Å². The van der Waals surface area contributed by atoms with E-state index in [0.717, 1.165) is 5.56 Å². The van der Waals surface area contributed by atoms with E-state index in [9.17, 15) is 14.4 Å². The zero-order chi connectivity index (χ0) is 20.5. The van der Waals surface area contributed by atoms with Crippen LogP contribution in [0.25, 0.3) is 0 Å². The molecule has 0 aliphatic carbocycles. The minimum absolute atomic E-state index is 0.0803. The first-order valence-electron chi connectivity index (χ1n) is 8.57. The third-order valence-electron chi connectivity index (χ3n) is 3.95. The Balaban J connectivity index is 2.17. The van der Waals surface area contributed by atoms with Gasteiger partial charge in [-0.1, -0.05) is 30.3 Å². The predicted molar refractivity (Wildman–Crippen MR) is 101 cm³/mol. The molecular weight excluding hydrogens is 364 g/mol. The first-order chi connectivity index (χ1) is 13.4. The molecule has 0 heterocycles. The molecule has 0 saturated carbocycles. The van der Waals surface area contributed by atoms with Crippen molar-refractivity contribution < 1.29 is 29.0 Å². The van der Waals surface area contributed by atoms with Gasteiger partial charge in [0, 0.05) is 12.0 Å². The lowest BCUT2D eigenvalue weighted by atomic mass is 10.0. The number of carbonyl (C=O) groups excluding carboxylic acids is 2. The van der Waals surface area contributed by atoms with Crippen LogP contribution in [0, 0.1) is 0 Å². The smallest absolute Gasteiger partial charge is 0.303 e. The Bertz CT molecular complexity index is 838. The van der Waals surface area contributed by atoms with E-state index in [2.05, 4.69) is 5.32 Å². The van der Waals surface area contributed by atoms with Crippen molar-refractivity contribution in [2.75, 3.05) is 13.7 Å². The van der Waals surface area contributed by atoms with Crippen molar-refractivity contribution in [1.82, 2.24) is 5.32 Å². The summed E-state index contributed by atoms with van der Waals surface area (Å²) in [6.45, 7) is -0.312. The molecule has 0 bridgehead atoms. The quantitative estimate of drug-likeness (QED) is 0.572. The minimum Gasteiger partial charge on any atom is -0.493 e. The molecule has 0 aliphatic heterocycles. The fourth-order valence-corrected chi connectivity index (χ4v) is 2.59. The summed E-state index contributed by atoms with van der Waals surface area (Å²) in [5.41, 5.74) is 6.17. The van der Waals surface area contributed by atoms with Crippen molar-refractivity contribution in [2.45, 2.75) is 18.9 Å². The number of benzene rings is 2. The average Bonchev–Trinajstić information content (AvgIpc) is 2.69. The highest BCUT2D eigenvalue weighted by Gasteiger charge is 2.18. The maximum absolute atomic E-state index is 12.7. The molecule has 0 radical (unpaired) electrons. The lowest BCUT2D eigenvalue weighted by Crippen LogP contribution is -2.29. The number of ether oxygens (including phenoxy) is 2. The number of carbonyl (C=O) groups is 3. The summed E-state index contributed by atoms with van der Waals surface area (Å²) in [5, 5.41) is 11.8. The summed E-state index contributed by atoms with van der Waals surface area (Å²) < 4.78 is 10.4. The van der Waals surface area contributed by atoms with Gasteiger partial charge in [0.25, 0.3) is 11.8 Å². The molecule has 2 aromatic carbocycles. The van der Waals surface area contributed by atoms with E-state index in [1.807, 2.05) is 30.3 Å². The van der Waals surface area contributed by atoms with Gasteiger partial charge in [0.15, 0.2) is 18.1 Å². The van der Waals surface area contributed by atoms with E-state index in [0.29, 0.717) is 5.56 Å². The number of nitrogens with two attached hydrogens (primary N) is 1. The van der Waals surface area contributed by atoms with Gasteiger partial charge in [-0.25, -0.2) is 0 Å². The van der Waals surface area contributed by atoms with Crippen LogP contribution >= 0.6 is 0 Å². The Labute approximate surface area is 162 Å². The fourth-order valence-electron chi connectivity index (χ4n) is 2.59. The van der Waals surface area contributed by atoms with Gasteiger partial charge in [0.05, 0.1) is 13.2 Å². The number of amides is 2. The second-order valence-corrected chi connectivity index (χ2v) is 5.99. The van der Waals surface area contributed by atoms with Crippen molar-refractivity contribution >= 4 is 17.8 Å². The SMILES string of the molecule is COc1cc(C(=O)NC(CCC(=O)O)c2ccccc2)ccc1OCC(N)=O. The number of carboxylic acids is 1. The second kappa shape index (κ2) is 9.96. The molecule has 0 fully saturated rings. The summed E-state index contributed by atoms with van der Waals surface area (Å²) in [7, 11) is 1.41. The summed E-state index contributed by atoms with van der Waals surface area (Å²) in [6.07, 6.45) is 0.172. The van der Waals surface area contributed by atoms with Crippen molar-refractivity contribution in [3.63, 3.8) is 0 Å². The monoisotopic (exact) mass is 386 g/mol. The number of hydrogen-bond donors (Lipinski definition) is 3. The molecule has 2 amide bonds. The third kappa shape index (κ3) is 6.01. The molecule has 1 unspecified atom stereocenters. The Morgan fingerprint density at radius 3 is 2.43 bits per heavy atom. The number of hydrogen-bond acceptors (Lipinski definition) is 5. The summed E-state index contributed by atoms with van der Waals surface area (Å²) in [4.78, 5) is 34.5. The molecule has 0 aromatic heterocycles. The van der Waals surface area contributed by atoms with E-state index in [-0.39, 0.29) is 36.9 Å². The van der Waals surface area contributed by atoms with Crippen LogP contribution < -0.4 is 20.5 Å². The maximum atomic E-state index is 12.7. The van der Waals surface area contributed by atoms with Gasteiger partial charge in [0.2, 0.25) is 0 Å². The highest BCUT2D eigenvalue weighted by molar-refractivity contribution is 5.95. The standard InChI is InChI=1S/C20H22N2O6/c1-27-17-11-14(7-9-16(17)28-12-18(21)23)20(26)22-15(8-10-19(24)25)13-5-3-2-4-6-13/h2-7,9,11,15H,8,10,12H2,1H3,(H2,21,23)(H,22,26)(H,24,25). The van der Waals surface area contributed by atoms with Crippen LogP contribution in [0.5, 0.6) is 11.5 Å². The fraction of sp³-hybridized carbons (Fsp3) is 0.250. The van der Waals surface area contributed by atoms with Crippen molar-refractivity contribution in [3.8, 4) is 11.5 Å². The molecule has 2 aromatic rings. The molecule has 8 nitrogen and oxygen atoms in total. The third-order valence-corrected chi connectivity index (χ3v) is 3.95. The van der Waals surface area contributed by atoms with Crippen LogP contribution in [0.3, 0.4) is 0 Å². The zero-order valence-electron chi connectivity index (χ0n) is 15.4. The summed E-state index contributed by atoms with van der Waals surface area (Å²) in [5.74, 6) is -1.40. The Morgan fingerprint density at radius 2 is 1.82 bits per heavy atom. The van der Waals surface area contributed by atoms with Crippen LogP contribution in [0.1, 0.15) is 34.8 Å². The van der Waals surface area contributed by atoms with E-state index >= 15 is 0 Å². The van der Waals surface area contributed by atoms with Crippen molar-refractivity contribution in [1.29, 1.82) is 0 Å². The zero-order valence-corrected chi connectivity index (χ0v) is 15.4. The van der Waals surface area contributed by atoms with Gasteiger partial charge in [-0.3, -0.25) is 14.4 Å². The van der Waals surface area contributed by atoms with Crippen LogP contribution in [-0.2, 0) is 9.59 Å². The number of aliphatic carboxylic acids is 1. The molecule has 8 heteroatoms. The van der Waals surface area contributed by atoms with Crippen LogP contribution in [0.15, 0.2) is 48.5 Å². The molecule has 2 rings (SSSR count). The van der Waals surface area contributed by atoms with Gasteiger partial charge in [-0.05, 0) is 30.2 Å². The number of primary amides is 1. The predicted octanol–water partition coefficient (Wildman–Crippen LogP) is 1.90. The van der Waals surface area contributed by atoms with Crippen molar-refractivity contribution in [2.24, 2.45) is 5.73 Å². The number of rotatable bonds is 10. The first-order valence-corrected chi connectivity index (χ1v) is 8.57. The van der Waals surface area contributed by atoms with Crippen LogP contribution in [0.2, 0.25) is 0 Å². The van der Waals surface area contributed by atoms with E-state index < -0.39 is 17.9 Å². The lowest BCUT2D eigenvalue weighted by Gasteiger charge is -2.19. The van der Waals surface area contributed by atoms with E-state index in [4.69, 9.17) is 20.3 Å². The minimum atomic E-state index is -0.937. The van der Waals surface area contributed by atoms with Crippen LogP contribution in [-0.4, -0.2) is 36.6 Å². The van der Waals surface area contributed by atoms with Crippen molar-refractivity contribution in [3.05, 3.63) is 59.7 Å². The molecule has 4 N–H and O–H groups in total. The molecular formula is C20H22N2O6.